The number of hydrogen-bond donors (Lipinski definition) is 0. The van der Waals surface area contributed by atoms with E-state index in [1.807, 2.05) is 6.07 Å². The highest BCUT2D eigenvalue weighted by atomic mass is 16.5. The number of carbonyl (C=O) groups excluding carboxylic acids is 2. The van der Waals surface area contributed by atoms with Crippen molar-refractivity contribution in [3.8, 4) is 17.4 Å². The van der Waals surface area contributed by atoms with Crippen LogP contribution in [0.15, 0.2) is 58.9 Å². The number of carbonyl (C=O) groups is 2. The van der Waals surface area contributed by atoms with Crippen LogP contribution in [0.3, 0.4) is 0 Å². The fraction of sp³-hybridized carbons (Fsp3) is 0.143. The maximum atomic E-state index is 12.5. The number of aryl methyl sites for hydroxylation is 1. The summed E-state index contributed by atoms with van der Waals surface area (Å²) in [5.41, 5.74) is 1.01. The van der Waals surface area contributed by atoms with Gasteiger partial charge < -0.3 is 18.7 Å². The zero-order valence-corrected chi connectivity index (χ0v) is 15.5. The number of hydrogen-bond acceptors (Lipinski definition) is 8. The monoisotopic (exact) mass is 392 g/mol. The lowest BCUT2D eigenvalue weighted by Crippen LogP contribution is -2.08. The molecule has 0 radical (unpaired) electrons. The summed E-state index contributed by atoms with van der Waals surface area (Å²) in [6.45, 7) is 0. The maximum absolute atomic E-state index is 12.5. The molecule has 0 atom stereocenters. The summed E-state index contributed by atoms with van der Waals surface area (Å²) in [4.78, 5) is 28.7. The summed E-state index contributed by atoms with van der Waals surface area (Å²) in [5.74, 6) is 0.964. The minimum Gasteiger partial charge on any atom is -0.479 e. The summed E-state index contributed by atoms with van der Waals surface area (Å²) in [6, 6.07) is 11.6. The summed E-state index contributed by atoms with van der Waals surface area (Å²) >= 11 is 0. The standard InChI is InChI=1S/C21H16N2O6/c1-26-19-12-15(29-23-19)6-8-20(24)27-14-5-7-16-17(11-14)28-18(21(16)25)10-13-4-2-3-9-22-13/h2-5,7,9-12H,6,8H2,1H3/b18-10-. The molecular formula is C21H16N2O6. The molecule has 0 N–H and O–H groups in total. The summed E-state index contributed by atoms with van der Waals surface area (Å²) in [7, 11) is 1.48. The van der Waals surface area contributed by atoms with Crippen molar-refractivity contribution in [3.63, 3.8) is 0 Å². The highest BCUT2D eigenvalue weighted by Crippen LogP contribution is 2.34. The molecule has 0 spiro atoms. The van der Waals surface area contributed by atoms with Crippen molar-refractivity contribution in [2.45, 2.75) is 12.8 Å². The van der Waals surface area contributed by atoms with Crippen LogP contribution in [0.4, 0.5) is 0 Å². The molecule has 1 aromatic carbocycles. The Morgan fingerprint density at radius 1 is 1.21 bits per heavy atom. The first-order valence-corrected chi connectivity index (χ1v) is 8.82. The number of ketones is 1. The third-order valence-corrected chi connectivity index (χ3v) is 4.16. The lowest BCUT2D eigenvalue weighted by molar-refractivity contribution is -0.134. The Labute approximate surface area is 165 Å². The molecule has 29 heavy (non-hydrogen) atoms. The summed E-state index contributed by atoms with van der Waals surface area (Å²) < 4.78 is 20.9. The van der Waals surface area contributed by atoms with Crippen LogP contribution in [0.5, 0.6) is 17.4 Å². The Bertz CT molecular complexity index is 1090. The number of pyridine rings is 1. The second-order valence-corrected chi connectivity index (χ2v) is 6.16. The fourth-order valence-corrected chi connectivity index (χ4v) is 2.74. The Hall–Kier alpha value is -3.94. The molecule has 1 aliphatic heterocycles. The molecule has 146 valence electrons. The van der Waals surface area contributed by atoms with Gasteiger partial charge in [-0.2, -0.15) is 0 Å². The zero-order valence-electron chi connectivity index (χ0n) is 15.5. The predicted molar refractivity (Wildman–Crippen MR) is 101 cm³/mol. The van der Waals surface area contributed by atoms with Gasteiger partial charge in [0.15, 0.2) is 5.76 Å². The Balaban J connectivity index is 1.40. The third-order valence-electron chi connectivity index (χ3n) is 4.16. The van der Waals surface area contributed by atoms with Crippen molar-refractivity contribution >= 4 is 17.8 Å². The second-order valence-electron chi connectivity index (χ2n) is 6.16. The first-order valence-electron chi connectivity index (χ1n) is 8.82. The predicted octanol–water partition coefficient (Wildman–Crippen LogP) is 3.23. The molecular weight excluding hydrogens is 376 g/mol. The van der Waals surface area contributed by atoms with Gasteiger partial charge >= 0.3 is 5.97 Å². The van der Waals surface area contributed by atoms with Crippen LogP contribution in [0.25, 0.3) is 6.08 Å². The van der Waals surface area contributed by atoms with Gasteiger partial charge in [-0.05, 0) is 29.4 Å². The van der Waals surface area contributed by atoms with E-state index in [-0.39, 0.29) is 23.7 Å². The molecule has 1 aliphatic rings. The molecule has 4 rings (SSSR count). The molecule has 0 bridgehead atoms. The first kappa shape index (κ1) is 18.4. The zero-order chi connectivity index (χ0) is 20.2. The van der Waals surface area contributed by atoms with Crippen LogP contribution in [0.2, 0.25) is 0 Å². The number of allylic oxidation sites excluding steroid dienone is 1. The van der Waals surface area contributed by atoms with E-state index in [4.69, 9.17) is 18.7 Å². The normalized spacial score (nSPS) is 13.8. The molecule has 0 amide bonds. The van der Waals surface area contributed by atoms with Gasteiger partial charge in [-0.25, -0.2) is 0 Å². The van der Waals surface area contributed by atoms with Crippen molar-refractivity contribution in [1.29, 1.82) is 0 Å². The van der Waals surface area contributed by atoms with Crippen LogP contribution in [-0.4, -0.2) is 29.0 Å². The topological polar surface area (TPSA) is 101 Å². The van der Waals surface area contributed by atoms with Crippen LogP contribution in [0, 0.1) is 0 Å². The van der Waals surface area contributed by atoms with E-state index >= 15 is 0 Å². The molecule has 2 aromatic heterocycles. The first-order chi connectivity index (χ1) is 14.1. The van der Waals surface area contributed by atoms with E-state index in [1.165, 1.54) is 13.2 Å². The average molecular weight is 392 g/mol. The van der Waals surface area contributed by atoms with Crippen LogP contribution in [0.1, 0.15) is 28.2 Å². The van der Waals surface area contributed by atoms with E-state index in [2.05, 4.69) is 10.1 Å². The van der Waals surface area contributed by atoms with Crippen LogP contribution < -0.4 is 14.2 Å². The Morgan fingerprint density at radius 2 is 2.10 bits per heavy atom. The number of benzene rings is 1. The Kier molecular flexibility index (Phi) is 5.07. The highest BCUT2D eigenvalue weighted by Gasteiger charge is 2.28. The van der Waals surface area contributed by atoms with Crippen LogP contribution in [-0.2, 0) is 11.2 Å². The lowest BCUT2D eigenvalue weighted by atomic mass is 10.1. The van der Waals surface area contributed by atoms with Crippen molar-refractivity contribution in [3.05, 3.63) is 71.4 Å². The fourth-order valence-electron chi connectivity index (χ4n) is 2.74. The number of rotatable bonds is 6. The van der Waals surface area contributed by atoms with Gasteiger partial charge in [0.1, 0.15) is 17.3 Å². The molecule has 3 heterocycles. The van der Waals surface area contributed by atoms with E-state index in [9.17, 15) is 9.59 Å². The Morgan fingerprint density at radius 3 is 2.86 bits per heavy atom. The van der Waals surface area contributed by atoms with Gasteiger partial charge in [0.2, 0.25) is 5.78 Å². The van der Waals surface area contributed by atoms with E-state index in [1.54, 1.807) is 42.6 Å². The van der Waals surface area contributed by atoms with E-state index in [0.29, 0.717) is 35.1 Å². The smallest absolute Gasteiger partial charge is 0.311 e. The molecule has 0 saturated carbocycles. The number of Topliss-reactive ketones (excluding diaryl/α,β-unsaturated/α-hetero) is 1. The van der Waals surface area contributed by atoms with Crippen molar-refractivity contribution in [1.82, 2.24) is 10.1 Å². The largest absolute Gasteiger partial charge is 0.479 e. The van der Waals surface area contributed by atoms with Gasteiger partial charge in [0.25, 0.3) is 5.88 Å². The quantitative estimate of drug-likeness (QED) is 0.358. The number of fused-ring (bicyclic) bond motifs is 1. The molecule has 8 nitrogen and oxygen atoms in total. The lowest BCUT2D eigenvalue weighted by Gasteiger charge is -2.05. The third kappa shape index (κ3) is 4.16. The summed E-state index contributed by atoms with van der Waals surface area (Å²) in [5, 5.41) is 3.67. The molecule has 0 unspecified atom stereocenters. The number of esters is 1. The van der Waals surface area contributed by atoms with Gasteiger partial charge in [-0.3, -0.25) is 14.6 Å². The molecule has 3 aromatic rings. The van der Waals surface area contributed by atoms with Gasteiger partial charge in [-0.15, -0.1) is 0 Å². The number of nitrogens with zero attached hydrogens (tertiary/aromatic N) is 2. The average Bonchev–Trinajstić information content (AvgIpc) is 3.32. The van der Waals surface area contributed by atoms with Crippen molar-refractivity contribution < 1.29 is 28.3 Å². The SMILES string of the molecule is COc1cc(CCC(=O)Oc2ccc3c(c2)O/C(=C\c2ccccn2)C3=O)on1. The van der Waals surface area contributed by atoms with Crippen molar-refractivity contribution in [2.75, 3.05) is 7.11 Å². The summed E-state index contributed by atoms with van der Waals surface area (Å²) in [6.07, 6.45) is 3.62. The molecule has 0 fully saturated rings. The van der Waals surface area contributed by atoms with Gasteiger partial charge in [0, 0.05) is 30.8 Å². The van der Waals surface area contributed by atoms with E-state index in [0.717, 1.165) is 0 Å². The second kappa shape index (κ2) is 7.97. The molecule has 0 aliphatic carbocycles. The van der Waals surface area contributed by atoms with Crippen molar-refractivity contribution in [2.24, 2.45) is 0 Å². The van der Waals surface area contributed by atoms with Gasteiger partial charge in [0.05, 0.1) is 24.8 Å². The van der Waals surface area contributed by atoms with Gasteiger partial charge in [-0.1, -0.05) is 6.07 Å². The minimum atomic E-state index is -0.450. The highest BCUT2D eigenvalue weighted by molar-refractivity contribution is 6.14. The maximum Gasteiger partial charge on any atom is 0.311 e. The molecule has 8 heteroatoms. The van der Waals surface area contributed by atoms with E-state index < -0.39 is 5.97 Å². The number of methoxy groups -OCH3 is 1. The number of ether oxygens (including phenoxy) is 3. The molecule has 0 saturated heterocycles. The van der Waals surface area contributed by atoms with Crippen LogP contribution >= 0.6 is 0 Å². The number of aromatic nitrogens is 2. The minimum absolute atomic E-state index is 0.0973.